The Morgan fingerprint density at radius 1 is 0.857 bits per heavy atom. The van der Waals surface area contributed by atoms with Crippen molar-refractivity contribution in [2.24, 2.45) is 17.8 Å². The van der Waals surface area contributed by atoms with Gasteiger partial charge in [-0.15, -0.1) is 0 Å². The summed E-state index contributed by atoms with van der Waals surface area (Å²) < 4.78 is 5.55. The Labute approximate surface area is 262 Å². The normalized spacial score (nSPS) is 19.8. The molecule has 2 aromatic carbocycles. The molecule has 1 unspecified atom stereocenters. The summed E-state index contributed by atoms with van der Waals surface area (Å²) in [6.07, 6.45) is 1.92. The maximum Gasteiger partial charge on any atom is 0.410 e. The summed E-state index contributed by atoms with van der Waals surface area (Å²) in [5.74, 6) is 1.28. The van der Waals surface area contributed by atoms with Crippen LogP contribution in [0, 0.1) is 17.8 Å². The van der Waals surface area contributed by atoms with Gasteiger partial charge in [0, 0.05) is 55.2 Å². The summed E-state index contributed by atoms with van der Waals surface area (Å²) in [6, 6.07) is 16.3. The van der Waals surface area contributed by atoms with Crippen LogP contribution in [0.3, 0.4) is 0 Å². The first-order valence-corrected chi connectivity index (χ1v) is 16.1. The lowest BCUT2D eigenvalue weighted by Gasteiger charge is -2.48. The van der Waals surface area contributed by atoms with Crippen molar-refractivity contribution in [3.63, 3.8) is 0 Å². The topological polar surface area (TPSA) is 53.1 Å². The van der Waals surface area contributed by atoms with Crippen molar-refractivity contribution < 1.29 is 14.3 Å². The molecule has 2 aromatic rings. The molecule has 2 aliphatic rings. The summed E-state index contributed by atoms with van der Waals surface area (Å²) in [6.45, 7) is 16.0. The van der Waals surface area contributed by atoms with Crippen molar-refractivity contribution in [2.75, 3.05) is 32.7 Å². The number of ether oxygens (including phenoxy) is 1. The van der Waals surface area contributed by atoms with Crippen molar-refractivity contribution in [3.8, 4) is 0 Å². The van der Waals surface area contributed by atoms with E-state index in [1.54, 1.807) is 4.90 Å². The second-order valence-electron chi connectivity index (χ2n) is 13.4. The van der Waals surface area contributed by atoms with E-state index >= 15 is 0 Å². The molecule has 2 heterocycles. The number of halogens is 2. The molecule has 4 rings (SSSR count). The van der Waals surface area contributed by atoms with Crippen LogP contribution in [-0.2, 0) is 9.53 Å². The predicted molar refractivity (Wildman–Crippen MR) is 171 cm³/mol. The van der Waals surface area contributed by atoms with Gasteiger partial charge in [0.15, 0.2) is 0 Å². The van der Waals surface area contributed by atoms with E-state index in [0.717, 1.165) is 25.9 Å². The third-order valence-electron chi connectivity index (χ3n) is 8.90. The molecule has 0 spiro atoms. The number of carbonyl (C=O) groups is 2. The lowest BCUT2D eigenvalue weighted by atomic mass is 9.85. The van der Waals surface area contributed by atoms with Crippen LogP contribution in [0.4, 0.5) is 4.79 Å². The standard InChI is InChI=1S/C34H47Cl2N3O3/c1-23(2)24(3)30-22-38(32(26-7-11-28(35)12-8-26)27-9-13-29(36)14-10-27)19-20-39(30)31(40)21-25-15-17-37(18-16-25)33(41)42-34(4,5)6/h7-14,23-25,30,32H,15-22H2,1-6H3/t24?,30-/m1/s1. The largest absolute Gasteiger partial charge is 0.444 e. The van der Waals surface area contributed by atoms with Gasteiger partial charge in [-0.05, 0) is 86.8 Å². The Balaban J connectivity index is 1.48. The first kappa shape index (κ1) is 32.6. The molecule has 0 N–H and O–H groups in total. The van der Waals surface area contributed by atoms with Crippen molar-refractivity contribution >= 4 is 35.2 Å². The van der Waals surface area contributed by atoms with Gasteiger partial charge in [0.1, 0.15) is 5.60 Å². The van der Waals surface area contributed by atoms with Crippen LogP contribution in [0.25, 0.3) is 0 Å². The van der Waals surface area contributed by atoms with Gasteiger partial charge in [-0.25, -0.2) is 4.79 Å². The van der Waals surface area contributed by atoms with Crippen LogP contribution in [-0.4, -0.2) is 71.1 Å². The number of hydrogen-bond donors (Lipinski definition) is 0. The van der Waals surface area contributed by atoms with E-state index in [-0.39, 0.29) is 30.0 Å². The third kappa shape index (κ3) is 8.42. The molecule has 230 valence electrons. The van der Waals surface area contributed by atoms with E-state index < -0.39 is 5.60 Å². The molecule has 0 radical (unpaired) electrons. The highest BCUT2D eigenvalue weighted by Gasteiger charge is 2.39. The van der Waals surface area contributed by atoms with E-state index in [1.165, 1.54) is 11.1 Å². The minimum absolute atomic E-state index is 0.0378. The van der Waals surface area contributed by atoms with Gasteiger partial charge in [-0.1, -0.05) is 68.2 Å². The number of rotatable bonds is 7. The molecule has 2 amide bonds. The molecule has 0 saturated carbocycles. The number of benzene rings is 2. The summed E-state index contributed by atoms with van der Waals surface area (Å²) >= 11 is 12.5. The van der Waals surface area contributed by atoms with Crippen LogP contribution in [0.15, 0.2) is 48.5 Å². The first-order chi connectivity index (χ1) is 19.8. The highest BCUT2D eigenvalue weighted by Crippen LogP contribution is 2.35. The maximum absolute atomic E-state index is 13.9. The van der Waals surface area contributed by atoms with Gasteiger partial charge in [0.25, 0.3) is 0 Å². The molecule has 6 nitrogen and oxygen atoms in total. The SMILES string of the molecule is CC(C)C(C)[C@H]1CN(C(c2ccc(Cl)cc2)c2ccc(Cl)cc2)CCN1C(=O)CC1CCN(C(=O)OC(C)(C)C)CC1. The smallest absolute Gasteiger partial charge is 0.410 e. The highest BCUT2D eigenvalue weighted by molar-refractivity contribution is 6.30. The Hall–Kier alpha value is -2.28. The van der Waals surface area contributed by atoms with Gasteiger partial charge in [0.2, 0.25) is 5.91 Å². The number of piperidine rings is 1. The van der Waals surface area contributed by atoms with Gasteiger partial charge in [-0.3, -0.25) is 9.69 Å². The Kier molecular flexibility index (Phi) is 10.9. The Bertz CT molecular complexity index is 1140. The maximum atomic E-state index is 13.9. The van der Waals surface area contributed by atoms with E-state index in [4.69, 9.17) is 27.9 Å². The van der Waals surface area contributed by atoms with E-state index in [1.807, 2.05) is 45.0 Å². The molecule has 2 aliphatic heterocycles. The fraction of sp³-hybridized carbons (Fsp3) is 0.588. The second kappa shape index (κ2) is 14.0. The monoisotopic (exact) mass is 615 g/mol. The minimum atomic E-state index is -0.506. The molecule has 0 bridgehead atoms. The molecule has 0 aromatic heterocycles. The summed E-state index contributed by atoms with van der Waals surface area (Å²) in [4.78, 5) is 32.8. The molecule has 42 heavy (non-hydrogen) atoms. The van der Waals surface area contributed by atoms with Crippen molar-refractivity contribution in [2.45, 2.75) is 78.5 Å². The molecule has 0 aliphatic carbocycles. The highest BCUT2D eigenvalue weighted by atomic mass is 35.5. The minimum Gasteiger partial charge on any atom is -0.444 e. The van der Waals surface area contributed by atoms with Crippen molar-refractivity contribution in [3.05, 3.63) is 69.7 Å². The zero-order chi connectivity index (χ0) is 30.6. The Morgan fingerprint density at radius 3 is 1.86 bits per heavy atom. The van der Waals surface area contributed by atoms with Gasteiger partial charge in [0.05, 0.1) is 6.04 Å². The first-order valence-electron chi connectivity index (χ1n) is 15.3. The summed E-state index contributed by atoms with van der Waals surface area (Å²) in [5.41, 5.74) is 1.84. The lowest BCUT2D eigenvalue weighted by molar-refractivity contribution is -0.140. The van der Waals surface area contributed by atoms with E-state index in [2.05, 4.69) is 54.8 Å². The number of hydrogen-bond acceptors (Lipinski definition) is 4. The number of carbonyl (C=O) groups excluding carboxylic acids is 2. The van der Waals surface area contributed by atoms with Crippen LogP contribution < -0.4 is 0 Å². The number of likely N-dealkylation sites (tertiary alicyclic amines) is 1. The Morgan fingerprint density at radius 2 is 1.38 bits per heavy atom. The van der Waals surface area contributed by atoms with E-state index in [0.29, 0.717) is 47.9 Å². The van der Waals surface area contributed by atoms with Crippen molar-refractivity contribution in [1.82, 2.24) is 14.7 Å². The molecule has 2 saturated heterocycles. The second-order valence-corrected chi connectivity index (χ2v) is 14.2. The number of nitrogens with zero attached hydrogens (tertiary/aromatic N) is 3. The zero-order valence-electron chi connectivity index (χ0n) is 26.0. The molecule has 2 fully saturated rings. The third-order valence-corrected chi connectivity index (χ3v) is 9.40. The molecule has 2 atom stereocenters. The zero-order valence-corrected chi connectivity index (χ0v) is 27.5. The predicted octanol–water partition coefficient (Wildman–Crippen LogP) is 7.92. The van der Waals surface area contributed by atoms with Crippen LogP contribution in [0.5, 0.6) is 0 Å². The fourth-order valence-electron chi connectivity index (χ4n) is 6.19. The van der Waals surface area contributed by atoms with Crippen molar-refractivity contribution in [1.29, 1.82) is 0 Å². The summed E-state index contributed by atoms with van der Waals surface area (Å²) in [7, 11) is 0. The van der Waals surface area contributed by atoms with Crippen LogP contribution in [0.1, 0.15) is 78.0 Å². The molecular weight excluding hydrogens is 569 g/mol. The van der Waals surface area contributed by atoms with Crippen LogP contribution >= 0.6 is 23.2 Å². The van der Waals surface area contributed by atoms with E-state index in [9.17, 15) is 9.59 Å². The lowest BCUT2D eigenvalue weighted by Crippen LogP contribution is -2.59. The molecule has 8 heteroatoms. The van der Waals surface area contributed by atoms with Gasteiger partial charge >= 0.3 is 6.09 Å². The average Bonchev–Trinajstić information content (AvgIpc) is 2.94. The molecular formula is C34H47Cl2N3O3. The quantitative estimate of drug-likeness (QED) is 0.317. The van der Waals surface area contributed by atoms with Crippen LogP contribution in [0.2, 0.25) is 10.0 Å². The number of amides is 2. The van der Waals surface area contributed by atoms with Gasteiger partial charge < -0.3 is 14.5 Å². The fourth-order valence-corrected chi connectivity index (χ4v) is 6.44. The average molecular weight is 617 g/mol. The summed E-state index contributed by atoms with van der Waals surface area (Å²) in [5, 5.41) is 1.43. The number of piperazine rings is 1. The van der Waals surface area contributed by atoms with Gasteiger partial charge in [-0.2, -0.15) is 0 Å².